The lowest BCUT2D eigenvalue weighted by Gasteiger charge is -2.04. The van der Waals surface area contributed by atoms with E-state index in [9.17, 15) is 8.78 Å². The second kappa shape index (κ2) is 1.75. The van der Waals surface area contributed by atoms with E-state index in [4.69, 9.17) is 10.0 Å². The van der Waals surface area contributed by atoms with Crippen LogP contribution >= 0.6 is 0 Å². The summed E-state index contributed by atoms with van der Waals surface area (Å²) < 4.78 is 22.7. The second-order valence-electron chi connectivity index (χ2n) is 1.33. The first-order chi connectivity index (χ1) is 2.94. The lowest BCUT2D eigenvalue weighted by atomic mass is 9.83. The van der Waals surface area contributed by atoms with Crippen LogP contribution in [0.4, 0.5) is 8.78 Å². The van der Waals surface area contributed by atoms with Crippen LogP contribution in [-0.4, -0.2) is 23.0 Å². The van der Waals surface area contributed by atoms with E-state index in [-0.39, 0.29) is 0 Å². The van der Waals surface area contributed by atoms with Crippen molar-refractivity contribution in [3.05, 3.63) is 0 Å². The van der Waals surface area contributed by atoms with Crippen LogP contribution in [-0.2, 0) is 0 Å². The minimum Gasteiger partial charge on any atom is -0.423 e. The standard InChI is InChI=1S/C2H5BF2O2/c1-2(4,5)3(6)7/h6-7H,1H3. The van der Waals surface area contributed by atoms with Crippen LogP contribution in [0.15, 0.2) is 0 Å². The van der Waals surface area contributed by atoms with E-state index < -0.39 is 12.9 Å². The molecule has 0 aliphatic heterocycles. The van der Waals surface area contributed by atoms with Gasteiger partial charge in [0.25, 0.3) is 5.82 Å². The van der Waals surface area contributed by atoms with Crippen molar-refractivity contribution in [3.8, 4) is 0 Å². The molecule has 0 saturated carbocycles. The summed E-state index contributed by atoms with van der Waals surface area (Å²) >= 11 is 0. The molecule has 0 aromatic heterocycles. The quantitative estimate of drug-likeness (QED) is 0.453. The SMILES string of the molecule is CC(F)(F)B(O)O. The molecule has 7 heavy (non-hydrogen) atoms. The molecule has 0 amide bonds. The van der Waals surface area contributed by atoms with E-state index in [1.807, 2.05) is 0 Å². The van der Waals surface area contributed by atoms with E-state index in [2.05, 4.69) is 0 Å². The van der Waals surface area contributed by atoms with Crippen molar-refractivity contribution in [2.45, 2.75) is 12.7 Å². The normalized spacial score (nSPS) is 11.6. The summed E-state index contributed by atoms with van der Waals surface area (Å²) in [6.45, 7) is 0.428. The molecule has 0 radical (unpaired) electrons. The van der Waals surface area contributed by atoms with Crippen LogP contribution in [0.3, 0.4) is 0 Å². The van der Waals surface area contributed by atoms with E-state index in [0.29, 0.717) is 6.92 Å². The predicted octanol–water partition coefficient (Wildman–Crippen LogP) is -0.346. The van der Waals surface area contributed by atoms with Crippen molar-refractivity contribution in [2.24, 2.45) is 0 Å². The molecule has 2 nitrogen and oxygen atoms in total. The lowest BCUT2D eigenvalue weighted by molar-refractivity contribution is 0.0689. The summed E-state index contributed by atoms with van der Waals surface area (Å²) in [7, 11) is -2.53. The van der Waals surface area contributed by atoms with Crippen molar-refractivity contribution < 1.29 is 18.8 Å². The molecule has 0 fully saturated rings. The molecule has 0 bridgehead atoms. The van der Waals surface area contributed by atoms with Gasteiger partial charge in [0.1, 0.15) is 0 Å². The van der Waals surface area contributed by atoms with Gasteiger partial charge in [-0.1, -0.05) is 0 Å². The Morgan fingerprint density at radius 2 is 1.57 bits per heavy atom. The molecule has 0 rings (SSSR count). The zero-order chi connectivity index (χ0) is 6.08. The Labute approximate surface area is 39.9 Å². The first-order valence-electron chi connectivity index (χ1n) is 1.68. The van der Waals surface area contributed by atoms with Gasteiger partial charge >= 0.3 is 7.12 Å². The minimum atomic E-state index is -3.39. The molecule has 0 aromatic carbocycles. The largest absolute Gasteiger partial charge is 0.527 e. The van der Waals surface area contributed by atoms with Crippen molar-refractivity contribution in [1.29, 1.82) is 0 Å². The van der Waals surface area contributed by atoms with E-state index in [1.165, 1.54) is 0 Å². The molecule has 0 saturated heterocycles. The van der Waals surface area contributed by atoms with Crippen LogP contribution in [0, 0.1) is 0 Å². The van der Waals surface area contributed by atoms with Gasteiger partial charge in [-0.25, -0.2) is 8.78 Å². The lowest BCUT2D eigenvalue weighted by Crippen LogP contribution is -2.34. The molecule has 0 atom stereocenters. The highest BCUT2D eigenvalue weighted by Gasteiger charge is 2.37. The Balaban J connectivity index is 3.54. The van der Waals surface area contributed by atoms with Crippen LogP contribution in [0.25, 0.3) is 0 Å². The summed E-state index contributed by atoms with van der Waals surface area (Å²) in [6.07, 6.45) is 0. The molecule has 5 heteroatoms. The third-order valence-electron chi connectivity index (χ3n) is 0.453. The molecule has 42 valence electrons. The second-order valence-corrected chi connectivity index (χ2v) is 1.33. The van der Waals surface area contributed by atoms with Gasteiger partial charge in [0, 0.05) is 0 Å². The van der Waals surface area contributed by atoms with Gasteiger partial charge < -0.3 is 10.0 Å². The summed E-state index contributed by atoms with van der Waals surface area (Å²) in [5.74, 6) is -3.39. The van der Waals surface area contributed by atoms with E-state index in [0.717, 1.165) is 0 Å². The highest BCUT2D eigenvalue weighted by molar-refractivity contribution is 6.44. The smallest absolute Gasteiger partial charge is 0.423 e. The fraction of sp³-hybridized carbons (Fsp3) is 1.00. The maximum absolute atomic E-state index is 11.3. The highest BCUT2D eigenvalue weighted by Crippen LogP contribution is 2.10. The molecular formula is C2H5BF2O2. The Hall–Kier alpha value is -0.155. The molecule has 0 heterocycles. The molecular weight excluding hydrogens is 105 g/mol. The van der Waals surface area contributed by atoms with Gasteiger partial charge in [-0.2, -0.15) is 0 Å². The zero-order valence-corrected chi connectivity index (χ0v) is 3.73. The number of rotatable bonds is 1. The number of alkyl halides is 2. The van der Waals surface area contributed by atoms with Gasteiger partial charge in [0.2, 0.25) is 0 Å². The van der Waals surface area contributed by atoms with Crippen LogP contribution in [0.5, 0.6) is 0 Å². The summed E-state index contributed by atoms with van der Waals surface area (Å²) in [4.78, 5) is 0. The highest BCUT2D eigenvalue weighted by atomic mass is 19.3. The van der Waals surface area contributed by atoms with E-state index >= 15 is 0 Å². The topological polar surface area (TPSA) is 40.5 Å². The van der Waals surface area contributed by atoms with Gasteiger partial charge in [0.15, 0.2) is 0 Å². The molecule has 0 aromatic rings. The maximum atomic E-state index is 11.3. The first-order valence-corrected chi connectivity index (χ1v) is 1.68. The molecule has 2 N–H and O–H groups in total. The fourth-order valence-corrected chi connectivity index (χ4v) is 0. The predicted molar refractivity (Wildman–Crippen MR) is 20.8 cm³/mol. The van der Waals surface area contributed by atoms with Gasteiger partial charge in [0.05, 0.1) is 0 Å². The first kappa shape index (κ1) is 6.84. The summed E-state index contributed by atoms with van der Waals surface area (Å²) in [5.41, 5.74) is 0. The number of halogens is 2. The van der Waals surface area contributed by atoms with Crippen LogP contribution < -0.4 is 0 Å². The number of hydrogen-bond acceptors (Lipinski definition) is 2. The van der Waals surface area contributed by atoms with Gasteiger partial charge in [-0.05, 0) is 6.92 Å². The molecule has 0 aliphatic carbocycles. The average molecular weight is 110 g/mol. The molecule has 0 spiro atoms. The Morgan fingerprint density at radius 1 is 1.43 bits per heavy atom. The zero-order valence-electron chi connectivity index (χ0n) is 3.73. The van der Waals surface area contributed by atoms with Crippen molar-refractivity contribution in [3.63, 3.8) is 0 Å². The van der Waals surface area contributed by atoms with Gasteiger partial charge in [-0.15, -0.1) is 0 Å². The molecule has 0 unspecified atom stereocenters. The van der Waals surface area contributed by atoms with Crippen molar-refractivity contribution in [2.75, 3.05) is 0 Å². The van der Waals surface area contributed by atoms with Crippen LogP contribution in [0.1, 0.15) is 6.92 Å². The van der Waals surface area contributed by atoms with Crippen molar-refractivity contribution >= 4 is 7.12 Å². The average Bonchev–Trinajstić information content (AvgIpc) is 1.31. The third kappa shape index (κ3) is 2.53. The van der Waals surface area contributed by atoms with Crippen LogP contribution in [0.2, 0.25) is 0 Å². The molecule has 0 aliphatic rings. The van der Waals surface area contributed by atoms with Crippen molar-refractivity contribution in [1.82, 2.24) is 0 Å². The summed E-state index contributed by atoms with van der Waals surface area (Å²) in [6, 6.07) is 0. The Kier molecular flexibility index (Phi) is 1.71. The third-order valence-corrected chi connectivity index (χ3v) is 0.453. The maximum Gasteiger partial charge on any atom is 0.527 e. The van der Waals surface area contributed by atoms with Gasteiger partial charge in [-0.3, -0.25) is 0 Å². The Morgan fingerprint density at radius 3 is 1.57 bits per heavy atom. The number of hydrogen-bond donors (Lipinski definition) is 2. The summed E-state index contributed by atoms with van der Waals surface area (Å²) in [5, 5.41) is 15.4. The Bertz CT molecular complexity index is 59.2. The monoisotopic (exact) mass is 110 g/mol. The fourth-order valence-electron chi connectivity index (χ4n) is 0. The van der Waals surface area contributed by atoms with E-state index in [1.54, 1.807) is 0 Å². The minimum absolute atomic E-state index is 0.428.